The highest BCUT2D eigenvalue weighted by Crippen LogP contribution is 2.34. The molecule has 2 fully saturated rings. The first kappa shape index (κ1) is 17.9. The number of amides is 3. The number of hydrogen-bond acceptors (Lipinski definition) is 4. The fourth-order valence-corrected chi connectivity index (χ4v) is 4.40. The van der Waals surface area contributed by atoms with Crippen LogP contribution < -0.4 is 10.2 Å². The number of imide groups is 1. The molecule has 1 unspecified atom stereocenters. The minimum Gasteiger partial charge on any atom is -0.369 e. The smallest absolute Gasteiger partial charge is 0.255 e. The molecule has 1 aromatic rings. The van der Waals surface area contributed by atoms with E-state index in [1.54, 1.807) is 6.07 Å². The Morgan fingerprint density at radius 1 is 1.15 bits per heavy atom. The summed E-state index contributed by atoms with van der Waals surface area (Å²) >= 11 is 0. The molecule has 1 atom stereocenters. The van der Waals surface area contributed by atoms with E-state index in [1.165, 1.54) is 11.0 Å². The van der Waals surface area contributed by atoms with Crippen molar-refractivity contribution in [2.75, 3.05) is 18.0 Å². The van der Waals surface area contributed by atoms with E-state index in [0.29, 0.717) is 23.6 Å². The van der Waals surface area contributed by atoms with Crippen LogP contribution in [0.2, 0.25) is 0 Å². The first-order valence-electron chi connectivity index (χ1n) is 9.70. The average molecular weight is 373 g/mol. The molecule has 0 bridgehead atoms. The molecule has 0 aromatic heterocycles. The van der Waals surface area contributed by atoms with Gasteiger partial charge in [0.25, 0.3) is 5.91 Å². The lowest BCUT2D eigenvalue weighted by Crippen LogP contribution is -2.52. The first-order chi connectivity index (χ1) is 13.0. The molecule has 3 aliphatic rings. The third-order valence-corrected chi connectivity index (χ3v) is 6.12. The van der Waals surface area contributed by atoms with Gasteiger partial charge in [0, 0.05) is 31.6 Å². The highest BCUT2D eigenvalue weighted by molar-refractivity contribution is 6.05. The van der Waals surface area contributed by atoms with Crippen molar-refractivity contribution < 1.29 is 18.8 Å². The molecule has 3 aliphatic heterocycles. The SMILES string of the molecule is CCC1CCN(c2cc3c(cc2F)C(=O)N(C2CCC(=O)NC2=O)C3)CC1. The van der Waals surface area contributed by atoms with Crippen molar-refractivity contribution >= 4 is 23.4 Å². The van der Waals surface area contributed by atoms with Gasteiger partial charge in [0.2, 0.25) is 11.8 Å². The van der Waals surface area contributed by atoms with Gasteiger partial charge < -0.3 is 9.80 Å². The normalized spacial score (nSPS) is 23.6. The lowest BCUT2D eigenvalue weighted by Gasteiger charge is -2.33. The van der Waals surface area contributed by atoms with Crippen LogP contribution in [0, 0.1) is 11.7 Å². The molecule has 1 aromatic carbocycles. The Kier molecular flexibility index (Phi) is 4.61. The van der Waals surface area contributed by atoms with Crippen LogP contribution in [0.3, 0.4) is 0 Å². The number of piperidine rings is 2. The molecule has 6 nitrogen and oxygen atoms in total. The molecule has 144 valence electrons. The largest absolute Gasteiger partial charge is 0.369 e. The zero-order valence-electron chi connectivity index (χ0n) is 15.5. The molecule has 3 amide bonds. The highest BCUT2D eigenvalue weighted by Gasteiger charge is 2.39. The number of benzene rings is 1. The van der Waals surface area contributed by atoms with Crippen LogP contribution in [0.15, 0.2) is 12.1 Å². The van der Waals surface area contributed by atoms with E-state index in [0.717, 1.165) is 37.9 Å². The van der Waals surface area contributed by atoms with E-state index in [4.69, 9.17) is 0 Å². The summed E-state index contributed by atoms with van der Waals surface area (Å²) in [5, 5.41) is 2.28. The fraction of sp³-hybridized carbons (Fsp3) is 0.550. The summed E-state index contributed by atoms with van der Waals surface area (Å²) < 4.78 is 14.7. The van der Waals surface area contributed by atoms with E-state index >= 15 is 0 Å². The Morgan fingerprint density at radius 3 is 2.56 bits per heavy atom. The Labute approximate surface area is 157 Å². The van der Waals surface area contributed by atoms with Gasteiger partial charge in [0.1, 0.15) is 11.9 Å². The minimum atomic E-state index is -0.672. The van der Waals surface area contributed by atoms with Crippen LogP contribution in [0.4, 0.5) is 10.1 Å². The quantitative estimate of drug-likeness (QED) is 0.825. The molecule has 2 saturated heterocycles. The second kappa shape index (κ2) is 6.94. The molecule has 0 radical (unpaired) electrons. The maximum Gasteiger partial charge on any atom is 0.255 e. The molecule has 4 rings (SSSR count). The standard InChI is InChI=1S/C20H24FN3O3/c1-2-12-5-7-23(8-6-12)17-9-13-11-24(20(27)14(13)10-15(17)21)16-3-4-18(25)22-19(16)26/h9-10,12,16H,2-8,11H2,1H3,(H,22,25,26). The molecule has 1 N–H and O–H groups in total. The number of rotatable bonds is 3. The number of fused-ring (bicyclic) bond motifs is 1. The number of carbonyl (C=O) groups is 3. The van der Waals surface area contributed by atoms with Gasteiger partial charge in [-0.3, -0.25) is 19.7 Å². The number of halogens is 1. The van der Waals surface area contributed by atoms with E-state index < -0.39 is 11.9 Å². The van der Waals surface area contributed by atoms with Gasteiger partial charge in [0.05, 0.1) is 5.69 Å². The van der Waals surface area contributed by atoms with Gasteiger partial charge in [-0.2, -0.15) is 0 Å². The third kappa shape index (κ3) is 3.19. The van der Waals surface area contributed by atoms with Crippen LogP contribution in [-0.4, -0.2) is 41.8 Å². The van der Waals surface area contributed by atoms with E-state index in [1.807, 2.05) is 0 Å². The third-order valence-electron chi connectivity index (χ3n) is 6.12. The lowest BCUT2D eigenvalue weighted by molar-refractivity contribution is -0.136. The average Bonchev–Trinajstić information content (AvgIpc) is 2.97. The molecule has 0 aliphatic carbocycles. The maximum absolute atomic E-state index is 14.7. The van der Waals surface area contributed by atoms with Crippen LogP contribution in [-0.2, 0) is 16.1 Å². The van der Waals surface area contributed by atoms with Crippen molar-refractivity contribution in [2.45, 2.75) is 51.6 Å². The Morgan fingerprint density at radius 2 is 1.89 bits per heavy atom. The number of nitrogens with zero attached hydrogens (tertiary/aromatic N) is 2. The highest BCUT2D eigenvalue weighted by atomic mass is 19.1. The zero-order chi connectivity index (χ0) is 19.1. The number of nitrogens with one attached hydrogen (secondary N) is 1. The van der Waals surface area contributed by atoms with Gasteiger partial charge in [-0.1, -0.05) is 13.3 Å². The van der Waals surface area contributed by atoms with Gasteiger partial charge >= 0.3 is 0 Å². The second-order valence-corrected chi connectivity index (χ2v) is 7.70. The van der Waals surface area contributed by atoms with E-state index in [2.05, 4.69) is 17.1 Å². The molecule has 7 heteroatoms. The van der Waals surface area contributed by atoms with Crippen molar-refractivity contribution in [3.63, 3.8) is 0 Å². The molecular weight excluding hydrogens is 349 g/mol. The summed E-state index contributed by atoms with van der Waals surface area (Å²) in [4.78, 5) is 39.7. The van der Waals surface area contributed by atoms with Crippen molar-refractivity contribution in [1.82, 2.24) is 10.2 Å². The van der Waals surface area contributed by atoms with Crippen molar-refractivity contribution in [3.8, 4) is 0 Å². The summed E-state index contributed by atoms with van der Waals surface area (Å²) in [6.07, 6.45) is 3.77. The van der Waals surface area contributed by atoms with E-state index in [9.17, 15) is 18.8 Å². The first-order valence-corrected chi connectivity index (χ1v) is 9.70. The van der Waals surface area contributed by atoms with E-state index in [-0.39, 0.29) is 30.6 Å². The van der Waals surface area contributed by atoms with Crippen LogP contribution in [0.25, 0.3) is 0 Å². The van der Waals surface area contributed by atoms with Gasteiger partial charge in [-0.15, -0.1) is 0 Å². The monoisotopic (exact) mass is 373 g/mol. The summed E-state index contributed by atoms with van der Waals surface area (Å²) in [5.74, 6) is -0.792. The summed E-state index contributed by atoms with van der Waals surface area (Å²) in [5.41, 5.74) is 1.62. The molecular formula is C20H24FN3O3. The number of anilines is 1. The summed E-state index contributed by atoms with van der Waals surface area (Å²) in [6.45, 7) is 4.10. The number of hydrogen-bond donors (Lipinski definition) is 1. The van der Waals surface area contributed by atoms with Crippen LogP contribution in [0.1, 0.15) is 54.9 Å². The Hall–Kier alpha value is -2.44. The second-order valence-electron chi connectivity index (χ2n) is 7.70. The zero-order valence-corrected chi connectivity index (χ0v) is 15.5. The molecule has 3 heterocycles. The van der Waals surface area contributed by atoms with Gasteiger partial charge in [-0.25, -0.2) is 4.39 Å². The van der Waals surface area contributed by atoms with Crippen LogP contribution >= 0.6 is 0 Å². The molecule has 0 spiro atoms. The van der Waals surface area contributed by atoms with Crippen molar-refractivity contribution in [3.05, 3.63) is 29.1 Å². The minimum absolute atomic E-state index is 0.211. The van der Waals surface area contributed by atoms with Gasteiger partial charge in [0.15, 0.2) is 0 Å². The van der Waals surface area contributed by atoms with Crippen molar-refractivity contribution in [1.29, 1.82) is 0 Å². The van der Waals surface area contributed by atoms with Gasteiger partial charge in [-0.05, 0) is 42.9 Å². The topological polar surface area (TPSA) is 69.7 Å². The fourth-order valence-electron chi connectivity index (χ4n) is 4.40. The predicted molar refractivity (Wildman–Crippen MR) is 97.7 cm³/mol. The Balaban J connectivity index is 1.55. The van der Waals surface area contributed by atoms with Crippen molar-refractivity contribution in [2.24, 2.45) is 5.92 Å². The Bertz CT molecular complexity index is 802. The van der Waals surface area contributed by atoms with Crippen LogP contribution in [0.5, 0.6) is 0 Å². The number of carbonyl (C=O) groups excluding carboxylic acids is 3. The maximum atomic E-state index is 14.7. The molecule has 0 saturated carbocycles. The molecule has 27 heavy (non-hydrogen) atoms. The summed E-state index contributed by atoms with van der Waals surface area (Å²) in [7, 11) is 0. The predicted octanol–water partition coefficient (Wildman–Crippen LogP) is 2.21. The summed E-state index contributed by atoms with van der Waals surface area (Å²) in [6, 6.07) is 2.40. The lowest BCUT2D eigenvalue weighted by atomic mass is 9.94.